The molecule has 0 aliphatic carbocycles. The van der Waals surface area contributed by atoms with Crippen LogP contribution >= 0.6 is 0 Å². The first kappa shape index (κ1) is 38.9. The summed E-state index contributed by atoms with van der Waals surface area (Å²) >= 11 is 0. The molecule has 0 aliphatic rings. The Kier molecular flexibility index (Phi) is 12.7. The minimum atomic E-state index is -4.31. The van der Waals surface area contributed by atoms with E-state index >= 15 is 0 Å². The Hall–Kier alpha value is -5.86. The number of carbonyl (C=O) groups is 1. The van der Waals surface area contributed by atoms with Crippen LogP contribution in [0.3, 0.4) is 0 Å². The second-order valence-electron chi connectivity index (χ2n) is 11.9. The monoisotopic (exact) mass is 727 g/mol. The average Bonchev–Trinajstić information content (AvgIpc) is 3.09. The van der Waals surface area contributed by atoms with Crippen molar-refractivity contribution >= 4 is 23.4 Å². The molecule has 0 aromatic heterocycles. The van der Waals surface area contributed by atoms with E-state index < -0.39 is 45.5 Å². The van der Waals surface area contributed by atoms with E-state index in [0.717, 1.165) is 18.2 Å². The van der Waals surface area contributed by atoms with Gasteiger partial charge in [0.25, 0.3) is 11.4 Å². The third kappa shape index (κ3) is 12.2. The van der Waals surface area contributed by atoms with E-state index in [2.05, 4.69) is 6.92 Å². The van der Waals surface area contributed by atoms with E-state index in [0.29, 0.717) is 16.7 Å². The van der Waals surface area contributed by atoms with Crippen LogP contribution in [0.25, 0.3) is 6.08 Å². The standard InChI is InChI=1S/C37H32F5N2O8/c1-35(23-27-3-12-30(13-4-27)43(46)47,24-28-5-14-31(15-6-28)44(48)49)25-51-34(45)20-9-26-7-16-33(17-8-26)52-37(41,42)29-10-18-32(19-11-29)50-22-2-21-36(38,39)40/h3-20H,1-2,21-25H2/b20-9+. The van der Waals surface area contributed by atoms with Crippen LogP contribution in [0.4, 0.5) is 33.3 Å². The van der Waals surface area contributed by atoms with Crippen LogP contribution in [-0.4, -0.2) is 35.2 Å². The number of hydrogen-bond donors (Lipinski definition) is 0. The van der Waals surface area contributed by atoms with Gasteiger partial charge in [-0.2, -0.15) is 22.0 Å². The van der Waals surface area contributed by atoms with Crippen molar-refractivity contribution in [1.29, 1.82) is 0 Å². The van der Waals surface area contributed by atoms with E-state index in [1.165, 1.54) is 66.7 Å². The predicted molar refractivity (Wildman–Crippen MR) is 180 cm³/mol. The number of non-ortho nitro benzene ring substituents is 2. The molecular formula is C37H32F5N2O8. The fourth-order valence-corrected chi connectivity index (χ4v) is 5.00. The number of carbonyl (C=O) groups excluding carboxylic acids is 1. The van der Waals surface area contributed by atoms with Crippen LogP contribution in [0.2, 0.25) is 0 Å². The van der Waals surface area contributed by atoms with Gasteiger partial charge >= 0.3 is 18.3 Å². The highest BCUT2D eigenvalue weighted by molar-refractivity contribution is 5.87. The zero-order valence-corrected chi connectivity index (χ0v) is 27.4. The molecule has 0 spiro atoms. The van der Waals surface area contributed by atoms with Crippen LogP contribution in [0.5, 0.6) is 11.5 Å². The van der Waals surface area contributed by atoms with Gasteiger partial charge in [0.1, 0.15) is 11.5 Å². The topological polar surface area (TPSA) is 131 Å². The molecule has 0 saturated carbocycles. The van der Waals surface area contributed by atoms with Crippen LogP contribution < -0.4 is 9.47 Å². The summed E-state index contributed by atoms with van der Waals surface area (Å²) in [4.78, 5) is 33.8. The van der Waals surface area contributed by atoms with Crippen molar-refractivity contribution in [2.75, 3.05) is 13.2 Å². The van der Waals surface area contributed by atoms with E-state index in [4.69, 9.17) is 14.2 Å². The lowest BCUT2D eigenvalue weighted by Gasteiger charge is -2.29. The number of ether oxygens (including phenoxy) is 3. The first-order valence-corrected chi connectivity index (χ1v) is 15.6. The quantitative estimate of drug-likeness (QED) is 0.0263. The average molecular weight is 728 g/mol. The molecule has 0 heterocycles. The van der Waals surface area contributed by atoms with Crippen molar-refractivity contribution in [2.45, 2.75) is 38.0 Å². The van der Waals surface area contributed by atoms with Crippen molar-refractivity contribution in [2.24, 2.45) is 5.41 Å². The predicted octanol–water partition coefficient (Wildman–Crippen LogP) is 9.21. The molecule has 0 bridgehead atoms. The van der Waals surface area contributed by atoms with Gasteiger partial charge in [-0.1, -0.05) is 36.4 Å². The third-order valence-electron chi connectivity index (χ3n) is 7.57. The summed E-state index contributed by atoms with van der Waals surface area (Å²) in [6.45, 7) is 3.86. The fraction of sp³-hybridized carbons (Fsp3) is 0.243. The molecule has 273 valence electrons. The number of hydrogen-bond acceptors (Lipinski definition) is 8. The van der Waals surface area contributed by atoms with E-state index in [9.17, 15) is 47.0 Å². The van der Waals surface area contributed by atoms with Gasteiger partial charge < -0.3 is 14.2 Å². The first-order valence-electron chi connectivity index (χ1n) is 15.6. The molecule has 0 aliphatic heterocycles. The summed E-state index contributed by atoms with van der Waals surface area (Å²) in [5.41, 5.74) is 0.157. The molecule has 0 amide bonds. The number of esters is 1. The van der Waals surface area contributed by atoms with Crippen molar-refractivity contribution in [3.05, 3.63) is 153 Å². The van der Waals surface area contributed by atoms with Crippen molar-refractivity contribution in [3.63, 3.8) is 0 Å². The van der Waals surface area contributed by atoms with Crippen LogP contribution in [-0.2, 0) is 28.5 Å². The highest BCUT2D eigenvalue weighted by Crippen LogP contribution is 2.33. The highest BCUT2D eigenvalue weighted by atomic mass is 19.4. The van der Waals surface area contributed by atoms with E-state index in [-0.39, 0.29) is 55.4 Å². The van der Waals surface area contributed by atoms with Crippen molar-refractivity contribution < 1.29 is 50.8 Å². The lowest BCUT2D eigenvalue weighted by molar-refractivity contribution is -0.385. The van der Waals surface area contributed by atoms with Crippen LogP contribution in [0, 0.1) is 32.6 Å². The second kappa shape index (κ2) is 16.9. The fourth-order valence-electron chi connectivity index (χ4n) is 5.00. The number of nitrogens with zero attached hydrogens (tertiary/aromatic N) is 2. The Morgan fingerprint density at radius 2 is 1.23 bits per heavy atom. The molecule has 0 unspecified atom stereocenters. The number of benzene rings is 4. The van der Waals surface area contributed by atoms with Crippen molar-refractivity contribution in [1.82, 2.24) is 0 Å². The number of alkyl halides is 5. The third-order valence-corrected chi connectivity index (χ3v) is 7.57. The van der Waals surface area contributed by atoms with Crippen LogP contribution in [0.15, 0.2) is 103 Å². The maximum absolute atomic E-state index is 14.8. The molecule has 4 aromatic rings. The Balaban J connectivity index is 1.34. The Morgan fingerprint density at radius 3 is 1.71 bits per heavy atom. The molecule has 52 heavy (non-hydrogen) atoms. The summed E-state index contributed by atoms with van der Waals surface area (Å²) in [5.74, 6) is -0.789. The lowest BCUT2D eigenvalue weighted by Crippen LogP contribution is -2.30. The maximum atomic E-state index is 14.8. The summed E-state index contributed by atoms with van der Waals surface area (Å²) in [6, 6.07) is 21.6. The normalized spacial score (nSPS) is 12.0. The number of nitro benzene ring substituents is 2. The molecule has 0 saturated heterocycles. The lowest BCUT2D eigenvalue weighted by atomic mass is 9.79. The first-order chi connectivity index (χ1) is 24.5. The molecule has 0 N–H and O–H groups in total. The molecule has 0 atom stereocenters. The SMILES string of the molecule is [CH2]C(COC(=O)/C=C/c1ccc(OC(F)(F)c2ccc(OCCCC(F)(F)F)cc2)cc1)(Cc1ccc([N+](=O)[O-])cc1)Cc1ccc([N+](=O)[O-])cc1. The highest BCUT2D eigenvalue weighted by Gasteiger charge is 2.34. The summed E-state index contributed by atoms with van der Waals surface area (Å²) < 4.78 is 81.9. The summed E-state index contributed by atoms with van der Waals surface area (Å²) in [6.07, 6.45) is -6.33. The maximum Gasteiger partial charge on any atom is 0.426 e. The largest absolute Gasteiger partial charge is 0.494 e. The van der Waals surface area contributed by atoms with Gasteiger partial charge in [-0.05, 0) is 85.4 Å². The smallest absolute Gasteiger partial charge is 0.426 e. The van der Waals surface area contributed by atoms with Gasteiger partial charge in [0.15, 0.2) is 0 Å². The molecule has 4 aromatic carbocycles. The zero-order chi connectivity index (χ0) is 37.9. The van der Waals surface area contributed by atoms with Crippen molar-refractivity contribution in [3.8, 4) is 11.5 Å². The van der Waals surface area contributed by atoms with Gasteiger partial charge in [0, 0.05) is 42.2 Å². The number of halogens is 5. The Bertz CT molecular complexity index is 1790. The van der Waals surface area contributed by atoms with Gasteiger partial charge in [0.2, 0.25) is 0 Å². The molecule has 15 heteroatoms. The Labute approximate surface area is 294 Å². The number of rotatable bonds is 17. The number of nitro groups is 2. The van der Waals surface area contributed by atoms with Gasteiger partial charge in [-0.25, -0.2) is 4.79 Å². The second-order valence-corrected chi connectivity index (χ2v) is 11.9. The van der Waals surface area contributed by atoms with Gasteiger partial charge in [-0.3, -0.25) is 20.2 Å². The molecular weight excluding hydrogens is 695 g/mol. The van der Waals surface area contributed by atoms with Crippen LogP contribution in [0.1, 0.15) is 35.1 Å². The molecule has 0 fully saturated rings. The summed E-state index contributed by atoms with van der Waals surface area (Å²) in [5, 5.41) is 22.1. The van der Waals surface area contributed by atoms with Gasteiger partial charge in [-0.15, -0.1) is 0 Å². The Morgan fingerprint density at radius 1 is 0.731 bits per heavy atom. The van der Waals surface area contributed by atoms with Gasteiger partial charge in [0.05, 0.1) is 28.6 Å². The minimum absolute atomic E-state index is 0.0972. The summed E-state index contributed by atoms with van der Waals surface area (Å²) in [7, 11) is 0. The molecule has 1 radical (unpaired) electrons. The van der Waals surface area contributed by atoms with E-state index in [1.807, 2.05) is 0 Å². The van der Waals surface area contributed by atoms with E-state index in [1.54, 1.807) is 24.3 Å². The molecule has 10 nitrogen and oxygen atoms in total. The molecule has 4 rings (SSSR count). The minimum Gasteiger partial charge on any atom is -0.494 e. The zero-order valence-electron chi connectivity index (χ0n) is 27.4.